The number of carbonyl (C=O) groups is 2. The highest BCUT2D eigenvalue weighted by molar-refractivity contribution is 9.10. The summed E-state index contributed by atoms with van der Waals surface area (Å²) < 4.78 is 20.0. The number of anilines is 1. The van der Waals surface area contributed by atoms with Crippen LogP contribution in [0.1, 0.15) is 21.5 Å². The monoisotopic (exact) mass is 494 g/mol. The summed E-state index contributed by atoms with van der Waals surface area (Å²) in [6.45, 7) is -0.173. The zero-order chi connectivity index (χ0) is 22.9. The fourth-order valence-electron chi connectivity index (χ4n) is 2.57. The Hall–Kier alpha value is -4.03. The average molecular weight is 495 g/mol. The van der Waals surface area contributed by atoms with Crippen LogP contribution in [0.15, 0.2) is 76.3 Å². The van der Waals surface area contributed by atoms with Gasteiger partial charge in [0.2, 0.25) is 0 Å². The predicted octanol–water partition coefficient (Wildman–Crippen LogP) is 4.24. The molecule has 9 heteroatoms. The summed E-state index contributed by atoms with van der Waals surface area (Å²) in [4.78, 5) is 24.0. The molecule has 3 aromatic carbocycles. The van der Waals surface area contributed by atoms with Gasteiger partial charge in [-0.3, -0.25) is 9.59 Å². The van der Waals surface area contributed by atoms with Crippen LogP contribution < -0.4 is 15.5 Å². The molecule has 0 saturated carbocycles. The second kappa shape index (κ2) is 10.8. The lowest BCUT2D eigenvalue weighted by Gasteiger charge is -2.09. The number of nitrogens with zero attached hydrogens (tertiary/aromatic N) is 2. The molecule has 0 aromatic heterocycles. The Morgan fingerprint density at radius 1 is 1.12 bits per heavy atom. The van der Waals surface area contributed by atoms with Crippen molar-refractivity contribution >= 4 is 39.6 Å². The minimum Gasteiger partial charge on any atom is -0.483 e. The number of nitrogens with one attached hydrogen (secondary N) is 2. The summed E-state index contributed by atoms with van der Waals surface area (Å²) >= 11 is 3.36. The van der Waals surface area contributed by atoms with Crippen molar-refractivity contribution in [3.63, 3.8) is 0 Å². The van der Waals surface area contributed by atoms with E-state index in [-0.39, 0.29) is 23.6 Å². The maximum atomic E-state index is 13.9. The van der Waals surface area contributed by atoms with E-state index in [1.807, 2.05) is 18.2 Å². The minimum atomic E-state index is -0.808. The third-order valence-electron chi connectivity index (χ3n) is 4.09. The van der Waals surface area contributed by atoms with Crippen molar-refractivity contribution in [3.8, 4) is 11.8 Å². The van der Waals surface area contributed by atoms with Gasteiger partial charge in [0.25, 0.3) is 11.8 Å². The number of rotatable bonds is 7. The number of benzene rings is 3. The fraction of sp³-hybridized carbons (Fsp3) is 0.0435. The molecule has 0 bridgehead atoms. The van der Waals surface area contributed by atoms with Gasteiger partial charge < -0.3 is 10.1 Å². The summed E-state index contributed by atoms with van der Waals surface area (Å²) in [5.74, 6) is -1.40. The third-order valence-corrected chi connectivity index (χ3v) is 4.71. The lowest BCUT2D eigenvalue weighted by molar-refractivity contribution is -0.118. The van der Waals surface area contributed by atoms with Crippen LogP contribution in [-0.4, -0.2) is 24.6 Å². The number of halogens is 2. The summed E-state index contributed by atoms with van der Waals surface area (Å²) in [7, 11) is 0. The van der Waals surface area contributed by atoms with Crippen molar-refractivity contribution in [2.75, 3.05) is 11.9 Å². The number of carbonyl (C=O) groups excluding carboxylic acids is 2. The number of para-hydroxylation sites is 1. The SMILES string of the molecule is N#Cc1ccc(C(=O)N/N=C\c2ccc(OCC(=O)Nc3ccccc3)c(Br)c2)c(F)c1. The largest absolute Gasteiger partial charge is 0.483 e. The lowest BCUT2D eigenvalue weighted by atomic mass is 10.1. The van der Waals surface area contributed by atoms with Gasteiger partial charge in [0.05, 0.1) is 27.9 Å². The van der Waals surface area contributed by atoms with E-state index in [9.17, 15) is 14.0 Å². The number of hydrogen-bond donors (Lipinski definition) is 2. The summed E-state index contributed by atoms with van der Waals surface area (Å²) in [6, 6.07) is 19.4. The van der Waals surface area contributed by atoms with Crippen LogP contribution in [0.4, 0.5) is 10.1 Å². The second-order valence-electron chi connectivity index (χ2n) is 6.40. The van der Waals surface area contributed by atoms with Crippen molar-refractivity contribution < 1.29 is 18.7 Å². The van der Waals surface area contributed by atoms with Crippen molar-refractivity contribution in [3.05, 3.63) is 93.7 Å². The summed E-state index contributed by atoms with van der Waals surface area (Å²) in [5.41, 5.74) is 3.43. The van der Waals surface area contributed by atoms with E-state index in [0.29, 0.717) is 21.5 Å². The van der Waals surface area contributed by atoms with E-state index in [1.165, 1.54) is 18.3 Å². The van der Waals surface area contributed by atoms with E-state index in [2.05, 4.69) is 31.8 Å². The molecule has 7 nitrogen and oxygen atoms in total. The zero-order valence-electron chi connectivity index (χ0n) is 16.5. The minimum absolute atomic E-state index is 0.118. The van der Waals surface area contributed by atoms with E-state index in [0.717, 1.165) is 6.07 Å². The number of hydrogen-bond acceptors (Lipinski definition) is 5. The van der Waals surface area contributed by atoms with Crippen LogP contribution in [0.25, 0.3) is 0 Å². The number of hydrazone groups is 1. The fourth-order valence-corrected chi connectivity index (χ4v) is 3.08. The van der Waals surface area contributed by atoms with Gasteiger partial charge in [-0.25, -0.2) is 9.82 Å². The van der Waals surface area contributed by atoms with Crippen molar-refractivity contribution in [2.24, 2.45) is 5.10 Å². The molecule has 32 heavy (non-hydrogen) atoms. The Balaban J connectivity index is 1.54. The molecule has 0 atom stereocenters. The summed E-state index contributed by atoms with van der Waals surface area (Å²) in [6.07, 6.45) is 1.37. The predicted molar refractivity (Wildman–Crippen MR) is 121 cm³/mol. The molecule has 0 aliphatic heterocycles. The molecule has 0 spiro atoms. The van der Waals surface area contributed by atoms with Crippen LogP contribution in [0, 0.1) is 17.1 Å². The van der Waals surface area contributed by atoms with Crippen molar-refractivity contribution in [1.29, 1.82) is 5.26 Å². The Labute approximate surface area is 191 Å². The van der Waals surface area contributed by atoms with Gasteiger partial charge in [0.15, 0.2) is 6.61 Å². The van der Waals surface area contributed by atoms with Gasteiger partial charge >= 0.3 is 0 Å². The topological polar surface area (TPSA) is 104 Å². The number of amides is 2. The zero-order valence-corrected chi connectivity index (χ0v) is 18.1. The average Bonchev–Trinajstić information content (AvgIpc) is 2.79. The normalized spacial score (nSPS) is 10.4. The molecule has 0 unspecified atom stereocenters. The first-order chi connectivity index (χ1) is 15.5. The van der Waals surface area contributed by atoms with Gasteiger partial charge in [0.1, 0.15) is 11.6 Å². The van der Waals surface area contributed by atoms with E-state index >= 15 is 0 Å². The molecule has 3 aromatic rings. The van der Waals surface area contributed by atoms with Gasteiger partial charge in [-0.2, -0.15) is 10.4 Å². The molecule has 3 rings (SSSR count). The molecule has 0 aliphatic carbocycles. The molecule has 0 radical (unpaired) electrons. The number of nitriles is 1. The standard InChI is InChI=1S/C23H16BrFN4O3/c24-19-10-16(13-27-29-23(31)18-8-6-15(12-26)11-20(18)25)7-9-21(19)32-14-22(30)28-17-4-2-1-3-5-17/h1-11,13H,14H2,(H,28,30)(H,29,31)/b27-13-. The van der Waals surface area contributed by atoms with E-state index in [4.69, 9.17) is 10.00 Å². The van der Waals surface area contributed by atoms with Gasteiger partial charge in [-0.05, 0) is 70.0 Å². The maximum Gasteiger partial charge on any atom is 0.274 e. The highest BCUT2D eigenvalue weighted by Crippen LogP contribution is 2.25. The Morgan fingerprint density at radius 2 is 1.91 bits per heavy atom. The first kappa shape index (κ1) is 22.7. The second-order valence-corrected chi connectivity index (χ2v) is 7.25. The highest BCUT2D eigenvalue weighted by atomic mass is 79.9. The molecule has 2 N–H and O–H groups in total. The van der Waals surface area contributed by atoms with Crippen LogP contribution >= 0.6 is 15.9 Å². The molecule has 2 amide bonds. The Kier molecular flexibility index (Phi) is 7.67. The van der Waals surface area contributed by atoms with Crippen molar-refractivity contribution in [2.45, 2.75) is 0 Å². The van der Waals surface area contributed by atoms with Gasteiger partial charge in [-0.1, -0.05) is 18.2 Å². The van der Waals surface area contributed by atoms with Crippen LogP contribution in [0.2, 0.25) is 0 Å². The Morgan fingerprint density at radius 3 is 2.59 bits per heavy atom. The molecule has 0 aliphatic rings. The quantitative estimate of drug-likeness (QED) is 0.378. The first-order valence-corrected chi connectivity index (χ1v) is 10.1. The highest BCUT2D eigenvalue weighted by Gasteiger charge is 2.11. The van der Waals surface area contributed by atoms with Crippen LogP contribution in [-0.2, 0) is 4.79 Å². The molecule has 160 valence electrons. The van der Waals surface area contributed by atoms with Gasteiger partial charge in [0, 0.05) is 5.69 Å². The van der Waals surface area contributed by atoms with Crippen LogP contribution in [0.3, 0.4) is 0 Å². The molecule has 0 heterocycles. The van der Waals surface area contributed by atoms with E-state index in [1.54, 1.807) is 36.4 Å². The third kappa shape index (κ3) is 6.23. The summed E-state index contributed by atoms with van der Waals surface area (Å²) in [5, 5.41) is 15.3. The first-order valence-electron chi connectivity index (χ1n) is 9.26. The molecule has 0 fully saturated rings. The molecule has 0 saturated heterocycles. The lowest BCUT2D eigenvalue weighted by Crippen LogP contribution is -2.20. The number of ether oxygens (including phenoxy) is 1. The van der Waals surface area contributed by atoms with E-state index < -0.39 is 11.7 Å². The maximum absolute atomic E-state index is 13.9. The Bertz CT molecular complexity index is 1210. The smallest absolute Gasteiger partial charge is 0.274 e. The molecular formula is C23H16BrFN4O3. The van der Waals surface area contributed by atoms with Crippen LogP contribution in [0.5, 0.6) is 5.75 Å². The molecular weight excluding hydrogens is 479 g/mol. The van der Waals surface area contributed by atoms with Crippen molar-refractivity contribution in [1.82, 2.24) is 5.43 Å². The van der Waals surface area contributed by atoms with Gasteiger partial charge in [-0.15, -0.1) is 0 Å².